The average Bonchev–Trinajstić information content (AvgIpc) is 2.68. The third kappa shape index (κ3) is 1.92. The molecule has 2 aromatic heterocycles. The predicted molar refractivity (Wildman–Crippen MR) is 62.7 cm³/mol. The van der Waals surface area contributed by atoms with Gasteiger partial charge in [0.15, 0.2) is 0 Å². The van der Waals surface area contributed by atoms with Crippen molar-refractivity contribution < 1.29 is 19.2 Å². The molecule has 6 nitrogen and oxygen atoms in total. The minimum atomic E-state index is -1.04. The highest BCUT2D eigenvalue weighted by molar-refractivity contribution is 5.90. The van der Waals surface area contributed by atoms with E-state index in [1.165, 1.54) is 19.4 Å². The summed E-state index contributed by atoms with van der Waals surface area (Å²) in [4.78, 5) is 15.0. The van der Waals surface area contributed by atoms with E-state index < -0.39 is 5.97 Å². The normalized spacial score (nSPS) is 10.4. The molecule has 2 rings (SSSR count). The van der Waals surface area contributed by atoms with E-state index in [0.29, 0.717) is 28.5 Å². The monoisotopic (exact) mass is 248 g/mol. The molecular formula is C12H12N2O4. The number of hydrogen-bond donors (Lipinski definition) is 1. The van der Waals surface area contributed by atoms with Crippen molar-refractivity contribution in [1.82, 2.24) is 10.1 Å². The summed E-state index contributed by atoms with van der Waals surface area (Å²) in [6.07, 6.45) is 1.25. The number of pyridine rings is 1. The highest BCUT2D eigenvalue weighted by Crippen LogP contribution is 2.33. The fourth-order valence-corrected chi connectivity index (χ4v) is 1.78. The molecule has 0 saturated heterocycles. The van der Waals surface area contributed by atoms with E-state index in [0.717, 1.165) is 0 Å². The van der Waals surface area contributed by atoms with Crippen LogP contribution in [0, 0.1) is 13.8 Å². The van der Waals surface area contributed by atoms with E-state index in [-0.39, 0.29) is 5.56 Å². The van der Waals surface area contributed by atoms with Gasteiger partial charge in [-0.05, 0) is 19.9 Å². The van der Waals surface area contributed by atoms with Gasteiger partial charge in [-0.1, -0.05) is 5.16 Å². The van der Waals surface area contributed by atoms with Crippen molar-refractivity contribution >= 4 is 5.97 Å². The quantitative estimate of drug-likeness (QED) is 0.894. The maximum absolute atomic E-state index is 11.0. The summed E-state index contributed by atoms with van der Waals surface area (Å²) in [5, 5.41) is 12.8. The number of aromatic carboxylic acids is 1. The Morgan fingerprint density at radius 3 is 2.67 bits per heavy atom. The molecule has 94 valence electrons. The van der Waals surface area contributed by atoms with Crippen molar-refractivity contribution in [3.63, 3.8) is 0 Å². The van der Waals surface area contributed by atoms with Crippen LogP contribution in [0.2, 0.25) is 0 Å². The molecule has 0 amide bonds. The summed E-state index contributed by atoms with van der Waals surface area (Å²) >= 11 is 0. The first-order valence-corrected chi connectivity index (χ1v) is 5.25. The molecule has 0 spiro atoms. The van der Waals surface area contributed by atoms with Crippen LogP contribution in [-0.4, -0.2) is 28.3 Å². The Morgan fingerprint density at radius 2 is 2.17 bits per heavy atom. The van der Waals surface area contributed by atoms with Crippen LogP contribution in [0.1, 0.15) is 21.8 Å². The molecule has 0 saturated carbocycles. The lowest BCUT2D eigenvalue weighted by atomic mass is 10.0. The smallest absolute Gasteiger partial charge is 0.337 e. The van der Waals surface area contributed by atoms with Crippen LogP contribution in [0.25, 0.3) is 11.1 Å². The molecule has 2 aromatic rings. The van der Waals surface area contributed by atoms with E-state index >= 15 is 0 Å². The molecule has 0 unspecified atom stereocenters. The molecule has 0 aliphatic heterocycles. The number of ether oxygens (including phenoxy) is 1. The van der Waals surface area contributed by atoms with Crippen molar-refractivity contribution in [3.8, 4) is 17.0 Å². The summed E-state index contributed by atoms with van der Waals surface area (Å²) in [6.45, 7) is 3.53. The van der Waals surface area contributed by atoms with Crippen molar-refractivity contribution in [1.29, 1.82) is 0 Å². The number of nitrogens with zero attached hydrogens (tertiary/aromatic N) is 2. The van der Waals surface area contributed by atoms with E-state index in [1.807, 2.05) is 0 Å². The third-order valence-electron chi connectivity index (χ3n) is 2.59. The zero-order valence-corrected chi connectivity index (χ0v) is 10.2. The fourth-order valence-electron chi connectivity index (χ4n) is 1.78. The van der Waals surface area contributed by atoms with Crippen LogP contribution in [0.5, 0.6) is 5.88 Å². The Kier molecular flexibility index (Phi) is 3.01. The number of carboxylic acid groups (broad SMARTS) is 1. The molecule has 0 radical (unpaired) electrons. The summed E-state index contributed by atoms with van der Waals surface area (Å²) < 4.78 is 10.2. The van der Waals surface area contributed by atoms with Gasteiger partial charge in [-0.25, -0.2) is 9.78 Å². The van der Waals surface area contributed by atoms with Gasteiger partial charge in [0.05, 0.1) is 29.5 Å². The number of carboxylic acids is 1. The number of rotatable bonds is 3. The van der Waals surface area contributed by atoms with Crippen molar-refractivity contribution in [2.75, 3.05) is 7.11 Å². The first-order chi connectivity index (χ1) is 8.54. The van der Waals surface area contributed by atoms with Gasteiger partial charge in [0.1, 0.15) is 5.76 Å². The maximum Gasteiger partial charge on any atom is 0.337 e. The topological polar surface area (TPSA) is 85.5 Å². The van der Waals surface area contributed by atoms with Gasteiger partial charge < -0.3 is 14.4 Å². The SMILES string of the molecule is COc1ncc(C(=O)O)cc1-c1c(C)noc1C. The second-order valence-corrected chi connectivity index (χ2v) is 3.79. The van der Waals surface area contributed by atoms with Gasteiger partial charge in [-0.3, -0.25) is 0 Å². The predicted octanol–water partition coefficient (Wildman–Crippen LogP) is 2.06. The number of methoxy groups -OCH3 is 1. The summed E-state index contributed by atoms with van der Waals surface area (Å²) in [5.41, 5.74) is 2.03. The first-order valence-electron chi connectivity index (χ1n) is 5.25. The highest BCUT2D eigenvalue weighted by atomic mass is 16.5. The maximum atomic E-state index is 11.0. The van der Waals surface area contributed by atoms with Crippen molar-refractivity contribution in [3.05, 3.63) is 29.3 Å². The average molecular weight is 248 g/mol. The Bertz CT molecular complexity index is 585. The van der Waals surface area contributed by atoms with Crippen LogP contribution < -0.4 is 4.74 Å². The molecule has 0 atom stereocenters. The molecule has 0 bridgehead atoms. The van der Waals surface area contributed by atoms with Crippen LogP contribution >= 0.6 is 0 Å². The lowest BCUT2D eigenvalue weighted by Gasteiger charge is -2.07. The molecule has 0 aromatic carbocycles. The number of hydrogen-bond acceptors (Lipinski definition) is 5. The Hall–Kier alpha value is -2.37. The summed E-state index contributed by atoms with van der Waals surface area (Å²) in [6, 6.07) is 1.50. The number of carbonyl (C=O) groups is 1. The van der Waals surface area contributed by atoms with Crippen molar-refractivity contribution in [2.45, 2.75) is 13.8 Å². The molecular weight excluding hydrogens is 236 g/mol. The van der Waals surface area contributed by atoms with Crippen LogP contribution in [0.3, 0.4) is 0 Å². The Balaban J connectivity index is 2.68. The summed E-state index contributed by atoms with van der Waals surface area (Å²) in [5.74, 6) is -0.109. The Morgan fingerprint density at radius 1 is 1.44 bits per heavy atom. The van der Waals surface area contributed by atoms with Gasteiger partial charge in [0, 0.05) is 6.20 Å². The summed E-state index contributed by atoms with van der Waals surface area (Å²) in [7, 11) is 1.48. The van der Waals surface area contributed by atoms with Crippen LogP contribution in [0.15, 0.2) is 16.8 Å². The standard InChI is InChI=1S/C12H12N2O4/c1-6-10(7(2)18-14-6)9-4-8(12(15)16)5-13-11(9)17-3/h4-5H,1-3H3,(H,15,16). The van der Waals surface area contributed by atoms with Gasteiger partial charge in [-0.2, -0.15) is 0 Å². The molecule has 6 heteroatoms. The largest absolute Gasteiger partial charge is 0.481 e. The first kappa shape index (κ1) is 12.1. The minimum Gasteiger partial charge on any atom is -0.481 e. The number of aromatic nitrogens is 2. The number of aryl methyl sites for hydroxylation is 2. The van der Waals surface area contributed by atoms with Crippen molar-refractivity contribution in [2.24, 2.45) is 0 Å². The third-order valence-corrected chi connectivity index (χ3v) is 2.59. The highest BCUT2D eigenvalue weighted by Gasteiger charge is 2.18. The molecule has 18 heavy (non-hydrogen) atoms. The van der Waals surface area contributed by atoms with E-state index in [2.05, 4.69) is 10.1 Å². The van der Waals surface area contributed by atoms with Gasteiger partial charge in [-0.15, -0.1) is 0 Å². The molecule has 1 N–H and O–H groups in total. The second kappa shape index (κ2) is 4.48. The second-order valence-electron chi connectivity index (χ2n) is 3.79. The lowest BCUT2D eigenvalue weighted by molar-refractivity contribution is 0.0696. The van der Waals surface area contributed by atoms with Crippen LogP contribution in [-0.2, 0) is 0 Å². The van der Waals surface area contributed by atoms with Gasteiger partial charge >= 0.3 is 5.97 Å². The van der Waals surface area contributed by atoms with Crippen LogP contribution in [0.4, 0.5) is 0 Å². The molecule has 0 aliphatic rings. The lowest BCUT2D eigenvalue weighted by Crippen LogP contribution is -2.00. The van der Waals surface area contributed by atoms with E-state index in [1.54, 1.807) is 13.8 Å². The van der Waals surface area contributed by atoms with E-state index in [9.17, 15) is 4.79 Å². The molecule has 0 fully saturated rings. The van der Waals surface area contributed by atoms with Gasteiger partial charge in [0.25, 0.3) is 0 Å². The zero-order valence-electron chi connectivity index (χ0n) is 10.2. The van der Waals surface area contributed by atoms with E-state index in [4.69, 9.17) is 14.4 Å². The molecule has 0 aliphatic carbocycles. The minimum absolute atomic E-state index is 0.0887. The fraction of sp³-hybridized carbons (Fsp3) is 0.250. The zero-order chi connectivity index (χ0) is 13.3. The molecule has 2 heterocycles. The van der Waals surface area contributed by atoms with Gasteiger partial charge in [0.2, 0.25) is 5.88 Å². The Labute approximate surface area is 103 Å².